The van der Waals surface area contributed by atoms with Crippen molar-refractivity contribution in [1.82, 2.24) is 10.3 Å². The van der Waals surface area contributed by atoms with Crippen molar-refractivity contribution in [3.8, 4) is 0 Å². The third-order valence-electron chi connectivity index (χ3n) is 3.36. The van der Waals surface area contributed by atoms with E-state index in [-0.39, 0.29) is 17.5 Å². The lowest BCUT2D eigenvalue weighted by Gasteiger charge is -2.17. The van der Waals surface area contributed by atoms with Crippen LogP contribution in [0.4, 0.5) is 5.69 Å². The van der Waals surface area contributed by atoms with E-state index in [0.29, 0.717) is 18.0 Å². The van der Waals surface area contributed by atoms with Crippen molar-refractivity contribution >= 4 is 17.5 Å². The maximum Gasteiger partial charge on any atom is 0.269 e. The molecule has 0 aliphatic heterocycles. The molecule has 1 N–H and O–H groups in total. The van der Waals surface area contributed by atoms with Gasteiger partial charge in [-0.3, -0.25) is 14.6 Å². The third kappa shape index (κ3) is 4.39. The van der Waals surface area contributed by atoms with Gasteiger partial charge in [-0.15, -0.1) is 0 Å². The molecule has 0 unspecified atom stereocenters. The zero-order valence-corrected chi connectivity index (χ0v) is 13.6. The molecular formula is C18H21N3O2. The van der Waals surface area contributed by atoms with E-state index in [9.17, 15) is 9.59 Å². The molecule has 5 heteroatoms. The average molecular weight is 311 g/mol. The highest BCUT2D eigenvalue weighted by Crippen LogP contribution is 2.15. The summed E-state index contributed by atoms with van der Waals surface area (Å²) in [5, 5.41) is 2.80. The van der Waals surface area contributed by atoms with Gasteiger partial charge in [-0.25, -0.2) is 0 Å². The molecule has 1 aromatic heterocycles. The van der Waals surface area contributed by atoms with Crippen molar-refractivity contribution in [3.05, 3.63) is 59.9 Å². The van der Waals surface area contributed by atoms with Gasteiger partial charge >= 0.3 is 0 Å². The third-order valence-corrected chi connectivity index (χ3v) is 3.36. The quantitative estimate of drug-likeness (QED) is 0.923. The summed E-state index contributed by atoms with van der Waals surface area (Å²) in [6, 6.07) is 12.5. The van der Waals surface area contributed by atoms with Crippen LogP contribution < -0.4 is 10.2 Å². The lowest BCUT2D eigenvalue weighted by molar-refractivity contribution is 0.0944. The summed E-state index contributed by atoms with van der Waals surface area (Å²) in [6.07, 6.45) is 1.48. The number of rotatable bonds is 5. The van der Waals surface area contributed by atoms with Crippen LogP contribution >= 0.6 is 0 Å². The molecule has 0 radical (unpaired) electrons. The van der Waals surface area contributed by atoms with Crippen LogP contribution in [0.2, 0.25) is 0 Å². The topological polar surface area (TPSA) is 62.3 Å². The van der Waals surface area contributed by atoms with Crippen molar-refractivity contribution in [1.29, 1.82) is 0 Å². The number of para-hydroxylation sites is 1. The second-order valence-corrected chi connectivity index (χ2v) is 5.73. The molecule has 0 saturated carbocycles. The summed E-state index contributed by atoms with van der Waals surface area (Å²) in [4.78, 5) is 30.2. The van der Waals surface area contributed by atoms with Gasteiger partial charge in [0.2, 0.25) is 0 Å². The zero-order valence-electron chi connectivity index (χ0n) is 13.6. The van der Waals surface area contributed by atoms with Crippen molar-refractivity contribution in [3.63, 3.8) is 0 Å². The second-order valence-electron chi connectivity index (χ2n) is 5.73. The molecule has 0 spiro atoms. The van der Waals surface area contributed by atoms with Crippen LogP contribution in [0.3, 0.4) is 0 Å². The number of hydrogen-bond donors (Lipinski definition) is 1. The summed E-state index contributed by atoms with van der Waals surface area (Å²) in [6.45, 7) is 4.60. The van der Waals surface area contributed by atoms with E-state index in [1.807, 2.05) is 44.2 Å². The van der Waals surface area contributed by atoms with Crippen LogP contribution in [0.15, 0.2) is 48.7 Å². The number of nitrogens with zero attached hydrogens (tertiary/aromatic N) is 2. The second kappa shape index (κ2) is 7.54. The Balaban J connectivity index is 2.16. The molecule has 0 atom stereocenters. The first kappa shape index (κ1) is 16.7. The summed E-state index contributed by atoms with van der Waals surface area (Å²) in [5.74, 6) is -0.0970. The SMILES string of the molecule is CC(C)CNC(=O)c1cc(C(=O)N(C)c2ccccc2)ccn1. The molecule has 1 heterocycles. The van der Waals surface area contributed by atoms with Crippen molar-refractivity contribution in [2.45, 2.75) is 13.8 Å². The number of benzene rings is 1. The maximum atomic E-state index is 12.6. The van der Waals surface area contributed by atoms with Gasteiger partial charge in [-0.05, 0) is 30.2 Å². The minimum atomic E-state index is -0.268. The average Bonchev–Trinajstić information content (AvgIpc) is 2.59. The molecule has 0 aliphatic rings. The molecule has 120 valence electrons. The number of amides is 2. The van der Waals surface area contributed by atoms with Crippen LogP contribution in [0.5, 0.6) is 0 Å². The Bertz CT molecular complexity index is 684. The zero-order chi connectivity index (χ0) is 16.8. The fraction of sp³-hybridized carbons (Fsp3) is 0.278. The first-order valence-electron chi connectivity index (χ1n) is 7.56. The van der Waals surface area contributed by atoms with Gasteiger partial charge in [0, 0.05) is 31.0 Å². The fourth-order valence-electron chi connectivity index (χ4n) is 2.04. The van der Waals surface area contributed by atoms with Crippen LogP contribution in [-0.4, -0.2) is 30.4 Å². The van der Waals surface area contributed by atoms with Gasteiger partial charge in [-0.2, -0.15) is 0 Å². The van der Waals surface area contributed by atoms with Crippen LogP contribution in [0.25, 0.3) is 0 Å². The summed E-state index contributed by atoms with van der Waals surface area (Å²) in [5.41, 5.74) is 1.47. The van der Waals surface area contributed by atoms with Crippen molar-refractivity contribution < 1.29 is 9.59 Å². The number of aromatic nitrogens is 1. The van der Waals surface area contributed by atoms with Gasteiger partial charge < -0.3 is 10.2 Å². The van der Waals surface area contributed by atoms with Gasteiger partial charge in [0.1, 0.15) is 5.69 Å². The molecule has 2 aromatic rings. The standard InChI is InChI=1S/C18H21N3O2/c1-13(2)12-20-17(22)16-11-14(9-10-19-16)18(23)21(3)15-7-5-4-6-8-15/h4-11,13H,12H2,1-3H3,(H,20,22). The van der Waals surface area contributed by atoms with Gasteiger partial charge in [-0.1, -0.05) is 32.0 Å². The molecule has 0 saturated heterocycles. The number of carbonyl (C=O) groups excluding carboxylic acids is 2. The fourth-order valence-corrected chi connectivity index (χ4v) is 2.04. The van der Waals surface area contributed by atoms with Crippen LogP contribution in [-0.2, 0) is 0 Å². The highest BCUT2D eigenvalue weighted by atomic mass is 16.2. The van der Waals surface area contributed by atoms with Gasteiger partial charge in [0.05, 0.1) is 0 Å². The van der Waals surface area contributed by atoms with E-state index >= 15 is 0 Å². The van der Waals surface area contributed by atoms with E-state index in [1.54, 1.807) is 18.0 Å². The first-order chi connectivity index (χ1) is 11.0. The minimum absolute atomic E-state index is 0.184. The number of nitrogens with one attached hydrogen (secondary N) is 1. The summed E-state index contributed by atoms with van der Waals surface area (Å²) in [7, 11) is 1.70. The first-order valence-corrected chi connectivity index (χ1v) is 7.56. The lowest BCUT2D eigenvalue weighted by Crippen LogP contribution is -2.29. The molecule has 2 rings (SSSR count). The largest absolute Gasteiger partial charge is 0.350 e. The minimum Gasteiger partial charge on any atom is -0.350 e. The molecule has 0 aliphatic carbocycles. The van der Waals surface area contributed by atoms with E-state index < -0.39 is 0 Å². The van der Waals surface area contributed by atoms with Crippen molar-refractivity contribution in [2.24, 2.45) is 5.92 Å². The van der Waals surface area contributed by atoms with Crippen LogP contribution in [0.1, 0.15) is 34.7 Å². The van der Waals surface area contributed by atoms with E-state index in [4.69, 9.17) is 0 Å². The highest BCUT2D eigenvalue weighted by molar-refractivity contribution is 6.06. The number of anilines is 1. The van der Waals surface area contributed by atoms with E-state index in [2.05, 4.69) is 10.3 Å². The normalized spacial score (nSPS) is 10.4. The molecule has 5 nitrogen and oxygen atoms in total. The molecule has 0 fully saturated rings. The summed E-state index contributed by atoms with van der Waals surface area (Å²) >= 11 is 0. The molecule has 0 bridgehead atoms. The predicted octanol–water partition coefficient (Wildman–Crippen LogP) is 2.74. The molecule has 2 amide bonds. The summed E-state index contributed by atoms with van der Waals surface area (Å²) < 4.78 is 0. The monoisotopic (exact) mass is 311 g/mol. The van der Waals surface area contributed by atoms with E-state index in [1.165, 1.54) is 12.3 Å². The van der Waals surface area contributed by atoms with Gasteiger partial charge in [0.25, 0.3) is 11.8 Å². The highest BCUT2D eigenvalue weighted by Gasteiger charge is 2.16. The predicted molar refractivity (Wildman–Crippen MR) is 90.6 cm³/mol. The number of pyridine rings is 1. The lowest BCUT2D eigenvalue weighted by atomic mass is 10.1. The van der Waals surface area contributed by atoms with Gasteiger partial charge in [0.15, 0.2) is 0 Å². The molecule has 23 heavy (non-hydrogen) atoms. The van der Waals surface area contributed by atoms with E-state index in [0.717, 1.165) is 5.69 Å². The van der Waals surface area contributed by atoms with Crippen LogP contribution in [0, 0.1) is 5.92 Å². The number of carbonyl (C=O) groups is 2. The Morgan fingerprint density at radius 3 is 2.52 bits per heavy atom. The Morgan fingerprint density at radius 2 is 1.87 bits per heavy atom. The molecule has 1 aromatic carbocycles. The smallest absolute Gasteiger partial charge is 0.269 e. The van der Waals surface area contributed by atoms with Crippen molar-refractivity contribution in [2.75, 3.05) is 18.5 Å². The molecular weight excluding hydrogens is 290 g/mol. The number of hydrogen-bond acceptors (Lipinski definition) is 3. The Hall–Kier alpha value is -2.69. The maximum absolute atomic E-state index is 12.6. The Morgan fingerprint density at radius 1 is 1.17 bits per heavy atom. The Kier molecular flexibility index (Phi) is 5.46. The Labute approximate surface area is 136 Å².